The Balaban J connectivity index is 1.71. The highest BCUT2D eigenvalue weighted by molar-refractivity contribution is 7.89. The molecule has 1 atom stereocenters. The van der Waals surface area contributed by atoms with Gasteiger partial charge in [-0.1, -0.05) is 17.7 Å². The van der Waals surface area contributed by atoms with E-state index in [-0.39, 0.29) is 41.9 Å². The van der Waals surface area contributed by atoms with Gasteiger partial charge in [0.2, 0.25) is 15.9 Å². The maximum absolute atomic E-state index is 13.2. The topological polar surface area (TPSA) is 105 Å². The standard InChI is InChI=1S/C24H30FN3O5S/c1-17-3-9-21(10-4-17)34(31,32)28-14-11-18(12-15-28)22(24(30)26-13-16-33-2)27-23(29)19-5-7-20(25)8-6-19/h3-10,18,22H,11-16H2,1-2H3,(H,26,30)(H,27,29)/t22-/m0/s1. The average Bonchev–Trinajstić information content (AvgIpc) is 2.83. The summed E-state index contributed by atoms with van der Waals surface area (Å²) in [6, 6.07) is 10.9. The van der Waals surface area contributed by atoms with E-state index in [4.69, 9.17) is 4.74 Å². The minimum absolute atomic E-state index is 0.231. The van der Waals surface area contributed by atoms with E-state index in [0.717, 1.165) is 5.56 Å². The highest BCUT2D eigenvalue weighted by Gasteiger charge is 2.36. The highest BCUT2D eigenvalue weighted by atomic mass is 32.2. The van der Waals surface area contributed by atoms with E-state index in [1.54, 1.807) is 24.3 Å². The molecular formula is C24H30FN3O5S. The average molecular weight is 492 g/mol. The number of rotatable bonds is 9. The van der Waals surface area contributed by atoms with E-state index in [1.165, 1.54) is 35.7 Å². The number of aryl methyl sites for hydroxylation is 1. The predicted molar refractivity (Wildman–Crippen MR) is 125 cm³/mol. The number of piperidine rings is 1. The van der Waals surface area contributed by atoms with Crippen LogP contribution in [0.3, 0.4) is 0 Å². The van der Waals surface area contributed by atoms with Gasteiger partial charge in [0.25, 0.3) is 5.91 Å². The van der Waals surface area contributed by atoms with Gasteiger partial charge >= 0.3 is 0 Å². The molecule has 1 aliphatic heterocycles. The van der Waals surface area contributed by atoms with E-state index >= 15 is 0 Å². The molecule has 0 bridgehead atoms. The maximum Gasteiger partial charge on any atom is 0.251 e. The smallest absolute Gasteiger partial charge is 0.251 e. The van der Waals surface area contributed by atoms with E-state index in [9.17, 15) is 22.4 Å². The number of nitrogens with zero attached hydrogens (tertiary/aromatic N) is 1. The minimum Gasteiger partial charge on any atom is -0.383 e. The quantitative estimate of drug-likeness (QED) is 0.523. The molecule has 8 nitrogen and oxygen atoms in total. The van der Waals surface area contributed by atoms with Crippen LogP contribution in [-0.2, 0) is 19.6 Å². The normalized spacial score (nSPS) is 16.1. The summed E-state index contributed by atoms with van der Waals surface area (Å²) in [4.78, 5) is 25.9. The van der Waals surface area contributed by atoms with Gasteiger partial charge in [-0.2, -0.15) is 4.31 Å². The minimum atomic E-state index is -3.64. The Morgan fingerprint density at radius 1 is 1.09 bits per heavy atom. The summed E-state index contributed by atoms with van der Waals surface area (Å²) in [5, 5.41) is 5.51. The van der Waals surface area contributed by atoms with Gasteiger partial charge < -0.3 is 15.4 Å². The van der Waals surface area contributed by atoms with Crippen molar-refractivity contribution >= 4 is 21.8 Å². The zero-order valence-corrected chi connectivity index (χ0v) is 20.1. The Labute approximate surface area is 199 Å². The molecule has 0 unspecified atom stereocenters. The van der Waals surface area contributed by atoms with Crippen LogP contribution in [0.5, 0.6) is 0 Å². The molecule has 1 heterocycles. The molecule has 0 aliphatic carbocycles. The summed E-state index contributed by atoms with van der Waals surface area (Å²) < 4.78 is 45.6. The lowest BCUT2D eigenvalue weighted by Gasteiger charge is -2.35. The number of methoxy groups -OCH3 is 1. The molecule has 1 fully saturated rings. The fraction of sp³-hybridized carbons (Fsp3) is 0.417. The number of amides is 2. The van der Waals surface area contributed by atoms with Crippen molar-refractivity contribution in [1.82, 2.24) is 14.9 Å². The third-order valence-electron chi connectivity index (χ3n) is 5.91. The summed E-state index contributed by atoms with van der Waals surface area (Å²) >= 11 is 0. The molecule has 2 N–H and O–H groups in total. The monoisotopic (exact) mass is 491 g/mol. The summed E-state index contributed by atoms with van der Waals surface area (Å²) in [6.45, 7) is 2.95. The van der Waals surface area contributed by atoms with Crippen LogP contribution in [0, 0.1) is 18.7 Å². The zero-order chi connectivity index (χ0) is 24.7. The van der Waals surface area contributed by atoms with Crippen LogP contribution in [0.1, 0.15) is 28.8 Å². The summed E-state index contributed by atoms with van der Waals surface area (Å²) in [5.41, 5.74) is 1.20. The molecule has 1 aliphatic rings. The van der Waals surface area contributed by atoms with Crippen LogP contribution in [-0.4, -0.2) is 63.9 Å². The summed E-state index contributed by atoms with van der Waals surface area (Å²) in [5.74, 6) is -1.60. The molecule has 3 rings (SSSR count). The predicted octanol–water partition coefficient (Wildman–Crippen LogP) is 2.10. The van der Waals surface area contributed by atoms with Gasteiger partial charge in [-0.25, -0.2) is 12.8 Å². The Kier molecular flexibility index (Phi) is 8.76. The first kappa shape index (κ1) is 25.8. The lowest BCUT2D eigenvalue weighted by molar-refractivity contribution is -0.124. The Bertz CT molecular complexity index is 1080. The number of carbonyl (C=O) groups is 2. The van der Waals surface area contributed by atoms with Crippen LogP contribution in [0.15, 0.2) is 53.4 Å². The molecule has 34 heavy (non-hydrogen) atoms. The number of nitrogens with one attached hydrogen (secondary N) is 2. The van der Waals surface area contributed by atoms with Gasteiger partial charge in [0.1, 0.15) is 11.9 Å². The fourth-order valence-electron chi connectivity index (χ4n) is 3.92. The van der Waals surface area contributed by atoms with Crippen LogP contribution < -0.4 is 10.6 Å². The first-order chi connectivity index (χ1) is 16.2. The van der Waals surface area contributed by atoms with Crippen LogP contribution >= 0.6 is 0 Å². The van der Waals surface area contributed by atoms with Gasteiger partial charge in [-0.05, 0) is 62.1 Å². The number of halogens is 1. The van der Waals surface area contributed by atoms with Crippen molar-refractivity contribution in [1.29, 1.82) is 0 Å². The van der Waals surface area contributed by atoms with E-state index in [0.29, 0.717) is 19.4 Å². The van der Waals surface area contributed by atoms with Crippen LogP contribution in [0.25, 0.3) is 0 Å². The molecule has 0 aromatic heterocycles. The van der Waals surface area contributed by atoms with Crippen LogP contribution in [0.4, 0.5) is 4.39 Å². The third kappa shape index (κ3) is 6.40. The van der Waals surface area contributed by atoms with E-state index in [2.05, 4.69) is 10.6 Å². The number of benzene rings is 2. The molecule has 10 heteroatoms. The third-order valence-corrected chi connectivity index (χ3v) is 7.82. The first-order valence-corrected chi connectivity index (χ1v) is 12.6. The Morgan fingerprint density at radius 2 is 1.71 bits per heavy atom. The second-order valence-corrected chi connectivity index (χ2v) is 10.2. The second kappa shape index (κ2) is 11.5. The molecule has 1 saturated heterocycles. The molecule has 0 spiro atoms. The Hall–Kier alpha value is -2.82. The molecule has 2 aromatic carbocycles. The van der Waals surface area contributed by atoms with Crippen molar-refractivity contribution in [2.45, 2.75) is 30.7 Å². The molecule has 2 amide bonds. The van der Waals surface area contributed by atoms with Gasteiger partial charge in [-0.15, -0.1) is 0 Å². The van der Waals surface area contributed by atoms with Gasteiger partial charge in [0.05, 0.1) is 11.5 Å². The van der Waals surface area contributed by atoms with Crippen molar-refractivity contribution in [2.24, 2.45) is 5.92 Å². The largest absolute Gasteiger partial charge is 0.383 e. The summed E-state index contributed by atoms with van der Waals surface area (Å²) in [7, 11) is -2.12. The number of ether oxygens (including phenoxy) is 1. The molecule has 184 valence electrons. The Morgan fingerprint density at radius 3 is 2.29 bits per heavy atom. The van der Waals surface area contributed by atoms with Gasteiger partial charge in [0.15, 0.2) is 0 Å². The van der Waals surface area contributed by atoms with Crippen LogP contribution in [0.2, 0.25) is 0 Å². The summed E-state index contributed by atoms with van der Waals surface area (Å²) in [6.07, 6.45) is 0.800. The molecule has 0 saturated carbocycles. The van der Waals surface area contributed by atoms with Crippen molar-refractivity contribution in [3.63, 3.8) is 0 Å². The van der Waals surface area contributed by atoms with E-state index < -0.39 is 27.8 Å². The molecule has 2 aromatic rings. The van der Waals surface area contributed by atoms with E-state index in [1.807, 2.05) is 6.92 Å². The maximum atomic E-state index is 13.2. The van der Waals surface area contributed by atoms with Crippen molar-refractivity contribution in [2.75, 3.05) is 33.4 Å². The zero-order valence-electron chi connectivity index (χ0n) is 19.3. The molecule has 0 radical (unpaired) electrons. The number of sulfonamides is 1. The van der Waals surface area contributed by atoms with Gasteiger partial charge in [-0.3, -0.25) is 9.59 Å². The van der Waals surface area contributed by atoms with Gasteiger partial charge in [0, 0.05) is 32.3 Å². The van der Waals surface area contributed by atoms with Crippen molar-refractivity contribution in [3.05, 3.63) is 65.5 Å². The number of hydrogen-bond donors (Lipinski definition) is 2. The first-order valence-electron chi connectivity index (χ1n) is 11.1. The highest BCUT2D eigenvalue weighted by Crippen LogP contribution is 2.26. The van der Waals surface area contributed by atoms with Crippen molar-refractivity contribution in [3.8, 4) is 0 Å². The lowest BCUT2D eigenvalue weighted by Crippen LogP contribution is -2.54. The number of hydrogen-bond acceptors (Lipinski definition) is 5. The lowest BCUT2D eigenvalue weighted by atomic mass is 9.89. The SMILES string of the molecule is COCCNC(=O)[C@@H](NC(=O)c1ccc(F)cc1)C1CCN(S(=O)(=O)c2ccc(C)cc2)CC1. The van der Waals surface area contributed by atoms with Crippen molar-refractivity contribution < 1.29 is 27.1 Å². The molecular weight excluding hydrogens is 461 g/mol. The number of carbonyl (C=O) groups excluding carboxylic acids is 2. The fourth-order valence-corrected chi connectivity index (χ4v) is 5.39. The second-order valence-electron chi connectivity index (χ2n) is 8.30.